The van der Waals surface area contributed by atoms with Crippen molar-refractivity contribution in [3.05, 3.63) is 126 Å². The minimum Gasteiger partial charge on any atom is -0.484 e. The lowest BCUT2D eigenvalue weighted by atomic mass is 10.0. The van der Waals surface area contributed by atoms with Crippen LogP contribution in [-0.4, -0.2) is 44.3 Å². The molecule has 4 aromatic rings. The molecule has 0 saturated heterocycles. The van der Waals surface area contributed by atoms with Gasteiger partial charge in [0.25, 0.3) is 15.9 Å². The van der Waals surface area contributed by atoms with Crippen molar-refractivity contribution in [1.29, 1.82) is 0 Å². The van der Waals surface area contributed by atoms with E-state index in [9.17, 15) is 22.4 Å². The SMILES string of the molecule is CCNC(=O)[C@@H](Cc1ccccc1)N(Cc1ccccc1)C(=O)COc1ccc(S(=O)(=O)Nc2ccc(F)cc2)cc1. The highest BCUT2D eigenvalue weighted by Gasteiger charge is 2.30. The van der Waals surface area contributed by atoms with Gasteiger partial charge in [-0.2, -0.15) is 0 Å². The summed E-state index contributed by atoms with van der Waals surface area (Å²) in [4.78, 5) is 28.3. The number of carbonyl (C=O) groups is 2. The molecule has 0 spiro atoms. The third-order valence-electron chi connectivity index (χ3n) is 6.41. The van der Waals surface area contributed by atoms with Crippen molar-refractivity contribution in [2.24, 2.45) is 0 Å². The summed E-state index contributed by atoms with van der Waals surface area (Å²) in [5.74, 6) is -0.871. The summed E-state index contributed by atoms with van der Waals surface area (Å²) < 4.78 is 46.7. The second-order valence-corrected chi connectivity index (χ2v) is 11.2. The molecule has 0 aromatic heterocycles. The fourth-order valence-electron chi connectivity index (χ4n) is 4.30. The number of benzene rings is 4. The minimum atomic E-state index is -3.93. The lowest BCUT2D eigenvalue weighted by molar-refractivity contribution is -0.142. The Bertz CT molecular complexity index is 1570. The minimum absolute atomic E-state index is 0.0321. The van der Waals surface area contributed by atoms with E-state index < -0.39 is 27.8 Å². The second kappa shape index (κ2) is 14.3. The van der Waals surface area contributed by atoms with Crippen LogP contribution in [0.4, 0.5) is 10.1 Å². The Morgan fingerprint density at radius 2 is 1.43 bits per heavy atom. The largest absolute Gasteiger partial charge is 0.484 e. The standard InChI is InChI=1S/C32H32FN3O5S/c1-2-34-32(38)30(21-24-9-5-3-6-10-24)36(22-25-11-7-4-8-12-25)31(37)23-41-28-17-19-29(20-18-28)42(39,40)35-27-15-13-26(33)14-16-27/h3-20,30,35H,2,21-23H2,1H3,(H,34,38)/t30-/m1/s1. The van der Waals surface area contributed by atoms with Crippen molar-refractivity contribution in [1.82, 2.24) is 10.2 Å². The Kier molecular flexibility index (Phi) is 10.3. The molecule has 0 aliphatic carbocycles. The van der Waals surface area contributed by atoms with Crippen LogP contribution in [0.3, 0.4) is 0 Å². The van der Waals surface area contributed by atoms with Crippen molar-refractivity contribution >= 4 is 27.5 Å². The van der Waals surface area contributed by atoms with E-state index >= 15 is 0 Å². The first-order chi connectivity index (χ1) is 20.2. The third kappa shape index (κ3) is 8.40. The maximum atomic E-state index is 13.6. The van der Waals surface area contributed by atoms with E-state index in [1.807, 2.05) is 67.6 Å². The molecule has 0 radical (unpaired) electrons. The quantitative estimate of drug-likeness (QED) is 0.234. The maximum Gasteiger partial charge on any atom is 0.261 e. The van der Waals surface area contributed by atoms with Gasteiger partial charge in [-0.1, -0.05) is 60.7 Å². The van der Waals surface area contributed by atoms with Crippen LogP contribution in [-0.2, 0) is 32.6 Å². The summed E-state index contributed by atoms with van der Waals surface area (Å²) in [6.07, 6.45) is 0.318. The number of anilines is 1. The van der Waals surface area contributed by atoms with Gasteiger partial charge >= 0.3 is 0 Å². The molecule has 2 amide bonds. The average molecular weight is 590 g/mol. The van der Waals surface area contributed by atoms with Crippen LogP contribution in [0.2, 0.25) is 0 Å². The Labute approximate surface area is 245 Å². The lowest BCUT2D eigenvalue weighted by Crippen LogP contribution is -2.51. The van der Waals surface area contributed by atoms with Gasteiger partial charge in [0.05, 0.1) is 4.90 Å². The first-order valence-electron chi connectivity index (χ1n) is 13.4. The van der Waals surface area contributed by atoms with Crippen molar-refractivity contribution in [3.63, 3.8) is 0 Å². The predicted octanol–water partition coefficient (Wildman–Crippen LogP) is 4.78. The van der Waals surface area contributed by atoms with Crippen molar-refractivity contribution in [3.8, 4) is 5.75 Å². The number of halogens is 1. The van der Waals surface area contributed by atoms with Crippen LogP contribution in [0.5, 0.6) is 5.75 Å². The van der Waals surface area contributed by atoms with Gasteiger partial charge in [0.1, 0.15) is 17.6 Å². The van der Waals surface area contributed by atoms with Crippen LogP contribution < -0.4 is 14.8 Å². The van der Waals surface area contributed by atoms with Crippen LogP contribution >= 0.6 is 0 Å². The van der Waals surface area contributed by atoms with Crippen LogP contribution in [0.1, 0.15) is 18.1 Å². The van der Waals surface area contributed by atoms with E-state index in [4.69, 9.17) is 4.74 Å². The highest BCUT2D eigenvalue weighted by atomic mass is 32.2. The fraction of sp³-hybridized carbons (Fsp3) is 0.188. The van der Waals surface area contributed by atoms with E-state index in [1.54, 1.807) is 0 Å². The highest BCUT2D eigenvalue weighted by Crippen LogP contribution is 2.21. The van der Waals surface area contributed by atoms with Crippen molar-refractivity contribution < 1.29 is 27.1 Å². The number of likely N-dealkylation sites (N-methyl/N-ethyl adjacent to an activating group) is 1. The summed E-state index contributed by atoms with van der Waals surface area (Å²) in [7, 11) is -3.93. The molecule has 42 heavy (non-hydrogen) atoms. The number of nitrogens with one attached hydrogen (secondary N) is 2. The van der Waals surface area contributed by atoms with Gasteiger partial charge in [0, 0.05) is 25.2 Å². The number of hydrogen-bond donors (Lipinski definition) is 2. The summed E-state index contributed by atoms with van der Waals surface area (Å²) in [6, 6.07) is 28.6. The van der Waals surface area contributed by atoms with Gasteiger partial charge in [0.2, 0.25) is 5.91 Å². The lowest BCUT2D eigenvalue weighted by Gasteiger charge is -2.31. The highest BCUT2D eigenvalue weighted by molar-refractivity contribution is 7.92. The molecular weight excluding hydrogens is 557 g/mol. The van der Waals surface area contributed by atoms with E-state index in [-0.39, 0.29) is 35.4 Å². The summed E-state index contributed by atoms with van der Waals surface area (Å²) in [5, 5.41) is 2.85. The summed E-state index contributed by atoms with van der Waals surface area (Å²) >= 11 is 0. The van der Waals surface area contributed by atoms with E-state index in [2.05, 4.69) is 10.0 Å². The number of rotatable bonds is 13. The smallest absolute Gasteiger partial charge is 0.261 e. The van der Waals surface area contributed by atoms with Gasteiger partial charge < -0.3 is 15.0 Å². The molecule has 218 valence electrons. The van der Waals surface area contributed by atoms with Crippen LogP contribution in [0.25, 0.3) is 0 Å². The number of ether oxygens (including phenoxy) is 1. The zero-order valence-corrected chi connectivity index (χ0v) is 23.9. The molecule has 0 bridgehead atoms. The molecule has 0 unspecified atom stereocenters. The molecular formula is C32H32FN3O5S. The van der Waals surface area contributed by atoms with Gasteiger partial charge in [-0.25, -0.2) is 12.8 Å². The Morgan fingerprint density at radius 1 is 0.833 bits per heavy atom. The monoisotopic (exact) mass is 589 g/mol. The molecule has 0 aliphatic heterocycles. The zero-order valence-electron chi connectivity index (χ0n) is 23.1. The maximum absolute atomic E-state index is 13.6. The molecule has 0 heterocycles. The van der Waals surface area contributed by atoms with E-state index in [1.165, 1.54) is 41.3 Å². The van der Waals surface area contributed by atoms with Crippen LogP contribution in [0.15, 0.2) is 114 Å². The number of amides is 2. The Morgan fingerprint density at radius 3 is 2.02 bits per heavy atom. The van der Waals surface area contributed by atoms with Gasteiger partial charge in [-0.05, 0) is 66.6 Å². The van der Waals surface area contributed by atoms with E-state index in [0.29, 0.717) is 13.0 Å². The number of nitrogens with zero attached hydrogens (tertiary/aromatic N) is 1. The molecule has 2 N–H and O–H groups in total. The first kappa shape index (κ1) is 30.3. The van der Waals surface area contributed by atoms with Crippen LogP contribution in [0, 0.1) is 5.82 Å². The molecule has 0 fully saturated rings. The van der Waals surface area contributed by atoms with Gasteiger partial charge in [-0.15, -0.1) is 0 Å². The first-order valence-corrected chi connectivity index (χ1v) is 14.9. The van der Waals surface area contributed by atoms with Crippen molar-refractivity contribution in [2.75, 3.05) is 17.9 Å². The second-order valence-electron chi connectivity index (χ2n) is 9.48. The molecule has 10 heteroatoms. The zero-order chi connectivity index (χ0) is 30.0. The van der Waals surface area contributed by atoms with Gasteiger partial charge in [-0.3, -0.25) is 14.3 Å². The van der Waals surface area contributed by atoms with E-state index in [0.717, 1.165) is 23.3 Å². The molecule has 4 rings (SSSR count). The molecule has 0 saturated carbocycles. The number of carbonyl (C=O) groups excluding carboxylic acids is 2. The topological polar surface area (TPSA) is 105 Å². The van der Waals surface area contributed by atoms with Crippen molar-refractivity contribution in [2.45, 2.75) is 30.8 Å². The molecule has 0 aliphatic rings. The average Bonchev–Trinajstić information content (AvgIpc) is 3.00. The third-order valence-corrected chi connectivity index (χ3v) is 7.81. The molecule has 4 aromatic carbocycles. The predicted molar refractivity (Wildman–Crippen MR) is 159 cm³/mol. The number of sulfonamides is 1. The molecule has 1 atom stereocenters. The summed E-state index contributed by atoms with van der Waals surface area (Å²) in [6.45, 7) is 2.07. The Hall–Kier alpha value is -4.70. The Balaban J connectivity index is 1.50. The van der Waals surface area contributed by atoms with Gasteiger partial charge in [0.15, 0.2) is 6.61 Å². The molecule has 8 nitrogen and oxygen atoms in total. The summed E-state index contributed by atoms with van der Waals surface area (Å²) in [5.41, 5.74) is 1.99. The normalized spacial score (nSPS) is 11.8. The number of hydrogen-bond acceptors (Lipinski definition) is 5. The fourth-order valence-corrected chi connectivity index (χ4v) is 5.36.